The van der Waals surface area contributed by atoms with Crippen LogP contribution < -0.4 is 19.5 Å². The molecule has 0 aliphatic rings. The van der Waals surface area contributed by atoms with Gasteiger partial charge in [0.25, 0.3) is 0 Å². The zero-order valence-corrected chi connectivity index (χ0v) is 17.8. The molecule has 0 heterocycles. The molecule has 0 aliphatic carbocycles. The molecule has 1 amide bonds. The van der Waals surface area contributed by atoms with Crippen LogP contribution >= 0.6 is 0 Å². The zero-order valence-electron chi connectivity index (χ0n) is 17.8. The van der Waals surface area contributed by atoms with Crippen LogP contribution in [0, 0.1) is 0 Å². The van der Waals surface area contributed by atoms with Crippen molar-refractivity contribution in [1.82, 2.24) is 0 Å². The number of carbonyl (C=O) groups is 1. The van der Waals surface area contributed by atoms with Crippen molar-refractivity contribution < 1.29 is 19.0 Å². The fourth-order valence-electron chi connectivity index (χ4n) is 2.99. The second kappa shape index (κ2) is 10.7. The summed E-state index contributed by atoms with van der Waals surface area (Å²) in [7, 11) is 4.76. The maximum Gasteiger partial charge on any atom is 0.248 e. The first-order valence-corrected chi connectivity index (χ1v) is 9.75. The Hall–Kier alpha value is -3.99. The number of rotatable bonds is 8. The van der Waals surface area contributed by atoms with E-state index in [0.717, 1.165) is 22.4 Å². The number of anilines is 1. The minimum Gasteiger partial charge on any atom is -0.493 e. The molecule has 158 valence electrons. The predicted molar refractivity (Wildman–Crippen MR) is 126 cm³/mol. The van der Waals surface area contributed by atoms with Gasteiger partial charge in [0.05, 0.1) is 21.3 Å². The molecule has 0 fully saturated rings. The summed E-state index contributed by atoms with van der Waals surface area (Å²) in [5.41, 5.74) is 3.61. The van der Waals surface area contributed by atoms with Gasteiger partial charge < -0.3 is 19.5 Å². The summed E-state index contributed by atoms with van der Waals surface area (Å²) in [4.78, 5) is 12.1. The van der Waals surface area contributed by atoms with Crippen molar-refractivity contribution in [3.63, 3.8) is 0 Å². The summed E-state index contributed by atoms with van der Waals surface area (Å²) in [6.07, 6.45) is 7.24. The van der Waals surface area contributed by atoms with Crippen molar-refractivity contribution >= 4 is 29.8 Å². The minimum atomic E-state index is -0.176. The van der Waals surface area contributed by atoms with Crippen LogP contribution in [0.15, 0.2) is 72.8 Å². The lowest BCUT2D eigenvalue weighted by atomic mass is 10.1. The number of ether oxygens (including phenoxy) is 3. The highest BCUT2D eigenvalue weighted by molar-refractivity contribution is 6.02. The van der Waals surface area contributed by atoms with E-state index < -0.39 is 0 Å². The van der Waals surface area contributed by atoms with Crippen molar-refractivity contribution in [3.8, 4) is 17.2 Å². The van der Waals surface area contributed by atoms with Crippen molar-refractivity contribution in [3.05, 3.63) is 89.5 Å². The van der Waals surface area contributed by atoms with Crippen LogP contribution in [-0.2, 0) is 4.79 Å². The Balaban J connectivity index is 1.66. The number of benzene rings is 3. The van der Waals surface area contributed by atoms with Crippen molar-refractivity contribution in [1.29, 1.82) is 0 Å². The normalized spacial score (nSPS) is 10.9. The molecule has 5 nitrogen and oxygen atoms in total. The smallest absolute Gasteiger partial charge is 0.248 e. The summed E-state index contributed by atoms with van der Waals surface area (Å²) >= 11 is 0. The molecule has 0 unspecified atom stereocenters. The first kappa shape index (κ1) is 21.7. The molecule has 1 N–H and O–H groups in total. The van der Waals surface area contributed by atoms with Gasteiger partial charge in [0, 0.05) is 11.8 Å². The summed E-state index contributed by atoms with van der Waals surface area (Å²) in [6.45, 7) is 0. The van der Waals surface area contributed by atoms with E-state index >= 15 is 0 Å². The summed E-state index contributed by atoms with van der Waals surface area (Å²) in [6, 6.07) is 21.1. The Kier molecular flexibility index (Phi) is 7.49. The van der Waals surface area contributed by atoms with Crippen molar-refractivity contribution in [2.75, 3.05) is 26.6 Å². The molecular weight excluding hydrogens is 390 g/mol. The molecule has 3 rings (SSSR count). The lowest BCUT2D eigenvalue weighted by Gasteiger charge is -2.12. The summed E-state index contributed by atoms with van der Waals surface area (Å²) in [5, 5.41) is 2.86. The average molecular weight is 415 g/mol. The Bertz CT molecular complexity index is 1050. The van der Waals surface area contributed by atoms with Crippen LogP contribution in [0.5, 0.6) is 17.2 Å². The van der Waals surface area contributed by atoms with Crippen LogP contribution in [0.2, 0.25) is 0 Å². The van der Waals surface area contributed by atoms with E-state index in [1.165, 1.54) is 6.08 Å². The van der Waals surface area contributed by atoms with E-state index in [9.17, 15) is 4.79 Å². The average Bonchev–Trinajstić information content (AvgIpc) is 2.82. The molecule has 0 aliphatic heterocycles. The molecule has 5 heteroatoms. The Morgan fingerprint density at radius 3 is 1.87 bits per heavy atom. The Morgan fingerprint density at radius 2 is 1.29 bits per heavy atom. The molecular formula is C26H25NO4. The van der Waals surface area contributed by atoms with E-state index in [4.69, 9.17) is 14.2 Å². The van der Waals surface area contributed by atoms with Gasteiger partial charge in [-0.05, 0) is 47.0 Å². The van der Waals surface area contributed by atoms with Crippen LogP contribution in [0.25, 0.3) is 18.2 Å². The van der Waals surface area contributed by atoms with Gasteiger partial charge in [-0.15, -0.1) is 0 Å². The second-order valence-corrected chi connectivity index (χ2v) is 6.65. The van der Waals surface area contributed by atoms with Crippen molar-refractivity contribution in [2.45, 2.75) is 0 Å². The van der Waals surface area contributed by atoms with E-state index in [2.05, 4.69) is 5.32 Å². The van der Waals surface area contributed by atoms with Crippen LogP contribution in [0.4, 0.5) is 5.69 Å². The second-order valence-electron chi connectivity index (χ2n) is 6.65. The Labute approximate surface area is 182 Å². The van der Waals surface area contributed by atoms with Crippen LogP contribution in [-0.4, -0.2) is 27.2 Å². The highest BCUT2D eigenvalue weighted by atomic mass is 16.5. The molecule has 3 aromatic carbocycles. The molecule has 0 bridgehead atoms. The first-order chi connectivity index (χ1) is 15.1. The lowest BCUT2D eigenvalue weighted by molar-refractivity contribution is -0.111. The molecule has 0 radical (unpaired) electrons. The van der Waals surface area contributed by atoms with E-state index in [0.29, 0.717) is 17.2 Å². The topological polar surface area (TPSA) is 56.8 Å². The standard InChI is InChI=1S/C26H25NO4/c1-29-23-17-21(18-24(30-2)26(23)31-3)10-9-20-11-14-22(15-12-20)27-25(28)16-13-19-7-5-4-6-8-19/h4-18H,1-3H3,(H,27,28)/b10-9?,16-13+. The van der Waals surface area contributed by atoms with Gasteiger partial charge >= 0.3 is 0 Å². The molecule has 0 saturated carbocycles. The quantitative estimate of drug-likeness (QED) is 0.388. The number of nitrogens with one attached hydrogen (secondary N) is 1. The Morgan fingerprint density at radius 1 is 0.710 bits per heavy atom. The zero-order chi connectivity index (χ0) is 22.1. The number of hydrogen-bond donors (Lipinski definition) is 1. The molecule has 31 heavy (non-hydrogen) atoms. The third kappa shape index (κ3) is 6.00. The molecule has 0 atom stereocenters. The van der Waals surface area contributed by atoms with Gasteiger partial charge in [-0.25, -0.2) is 0 Å². The SMILES string of the molecule is COc1cc(C=Cc2ccc(NC(=O)/C=C/c3ccccc3)cc2)cc(OC)c1OC. The highest BCUT2D eigenvalue weighted by Gasteiger charge is 2.11. The summed E-state index contributed by atoms with van der Waals surface area (Å²) < 4.78 is 16.1. The van der Waals surface area contributed by atoms with Gasteiger partial charge in [-0.3, -0.25) is 4.79 Å². The van der Waals surface area contributed by atoms with Gasteiger partial charge in [0.15, 0.2) is 11.5 Å². The largest absolute Gasteiger partial charge is 0.493 e. The van der Waals surface area contributed by atoms with E-state index in [1.54, 1.807) is 27.4 Å². The first-order valence-electron chi connectivity index (χ1n) is 9.75. The van der Waals surface area contributed by atoms with Gasteiger partial charge in [0.2, 0.25) is 11.7 Å². The third-order valence-electron chi connectivity index (χ3n) is 4.56. The maximum absolute atomic E-state index is 12.1. The van der Waals surface area contributed by atoms with Crippen LogP contribution in [0.1, 0.15) is 16.7 Å². The third-order valence-corrected chi connectivity index (χ3v) is 4.56. The minimum absolute atomic E-state index is 0.176. The maximum atomic E-state index is 12.1. The monoisotopic (exact) mass is 415 g/mol. The van der Waals surface area contributed by atoms with Gasteiger partial charge in [-0.2, -0.15) is 0 Å². The number of carbonyl (C=O) groups excluding carboxylic acids is 1. The number of methoxy groups -OCH3 is 3. The van der Waals surface area contributed by atoms with E-state index in [1.807, 2.05) is 78.9 Å². The highest BCUT2D eigenvalue weighted by Crippen LogP contribution is 2.38. The van der Waals surface area contributed by atoms with Gasteiger partial charge in [0.1, 0.15) is 0 Å². The van der Waals surface area contributed by atoms with E-state index in [-0.39, 0.29) is 5.91 Å². The molecule has 0 saturated heterocycles. The fraction of sp³-hybridized carbons (Fsp3) is 0.115. The molecule has 3 aromatic rings. The van der Waals surface area contributed by atoms with Crippen molar-refractivity contribution in [2.24, 2.45) is 0 Å². The number of amides is 1. The lowest BCUT2D eigenvalue weighted by Crippen LogP contribution is -2.07. The number of hydrogen-bond acceptors (Lipinski definition) is 4. The van der Waals surface area contributed by atoms with Crippen LogP contribution in [0.3, 0.4) is 0 Å². The predicted octanol–water partition coefficient (Wildman–Crippen LogP) is 5.53. The summed E-state index contributed by atoms with van der Waals surface area (Å²) in [5.74, 6) is 1.58. The fourth-order valence-corrected chi connectivity index (χ4v) is 2.99. The molecule has 0 aromatic heterocycles. The molecule has 0 spiro atoms. The van der Waals surface area contributed by atoms with Gasteiger partial charge in [-0.1, -0.05) is 54.6 Å².